The Hall–Kier alpha value is -1.06. The number of aliphatic hydroxyl groups is 1. The molecule has 0 heterocycles. The molecule has 1 aliphatic rings. The summed E-state index contributed by atoms with van der Waals surface area (Å²) in [5.74, 6) is 0.658. The first-order valence-corrected chi connectivity index (χ1v) is 7.38. The van der Waals surface area contributed by atoms with E-state index in [9.17, 15) is 5.11 Å². The smallest absolute Gasteiger partial charge is 0.0546 e. The standard InChI is InChI=1S/C16H26N2O/c1-3-8-17-11-13-4-6-15(7-5-13)18(2)12-14-9-16(19)10-14/h4-7,14,16-17,19H,3,8-12H2,1-2H3. The Morgan fingerprint density at radius 2 is 1.95 bits per heavy atom. The Bertz CT molecular complexity index is 371. The summed E-state index contributed by atoms with van der Waals surface area (Å²) in [5, 5.41) is 12.7. The number of aliphatic hydroxyl groups excluding tert-OH is 1. The minimum atomic E-state index is -0.0505. The molecule has 1 aromatic rings. The third kappa shape index (κ3) is 4.22. The topological polar surface area (TPSA) is 35.5 Å². The van der Waals surface area contributed by atoms with Crippen LogP contribution in [0.4, 0.5) is 5.69 Å². The van der Waals surface area contributed by atoms with Crippen molar-refractivity contribution in [2.75, 3.05) is 25.0 Å². The summed E-state index contributed by atoms with van der Waals surface area (Å²) >= 11 is 0. The van der Waals surface area contributed by atoms with Crippen molar-refractivity contribution in [2.45, 2.75) is 38.8 Å². The molecule has 1 fully saturated rings. The van der Waals surface area contributed by atoms with Crippen LogP contribution >= 0.6 is 0 Å². The first kappa shape index (κ1) is 14.4. The van der Waals surface area contributed by atoms with Crippen molar-refractivity contribution in [3.8, 4) is 0 Å². The number of rotatable bonds is 7. The van der Waals surface area contributed by atoms with Gasteiger partial charge in [-0.15, -0.1) is 0 Å². The van der Waals surface area contributed by atoms with Crippen LogP contribution in [-0.2, 0) is 6.54 Å². The van der Waals surface area contributed by atoms with Gasteiger partial charge in [0, 0.05) is 25.8 Å². The largest absolute Gasteiger partial charge is 0.393 e. The maximum absolute atomic E-state index is 9.32. The van der Waals surface area contributed by atoms with Crippen molar-refractivity contribution in [1.82, 2.24) is 5.32 Å². The van der Waals surface area contributed by atoms with Gasteiger partial charge in [-0.3, -0.25) is 0 Å². The third-order valence-electron chi connectivity index (χ3n) is 3.88. The second-order valence-corrected chi connectivity index (χ2v) is 5.71. The molecule has 0 aliphatic heterocycles. The van der Waals surface area contributed by atoms with E-state index in [0.717, 1.165) is 32.5 Å². The maximum Gasteiger partial charge on any atom is 0.0546 e. The molecule has 2 N–H and O–H groups in total. The van der Waals surface area contributed by atoms with Gasteiger partial charge in [-0.25, -0.2) is 0 Å². The maximum atomic E-state index is 9.32. The fraction of sp³-hybridized carbons (Fsp3) is 0.625. The molecule has 0 unspecified atom stereocenters. The first-order valence-electron chi connectivity index (χ1n) is 7.38. The molecule has 19 heavy (non-hydrogen) atoms. The molecular formula is C16H26N2O. The van der Waals surface area contributed by atoms with Gasteiger partial charge in [0.05, 0.1) is 6.10 Å². The van der Waals surface area contributed by atoms with Gasteiger partial charge in [-0.2, -0.15) is 0 Å². The monoisotopic (exact) mass is 262 g/mol. The zero-order valence-corrected chi connectivity index (χ0v) is 12.1. The van der Waals surface area contributed by atoms with Crippen LogP contribution in [0.3, 0.4) is 0 Å². The Kier molecular flexibility index (Phi) is 5.23. The highest BCUT2D eigenvalue weighted by Gasteiger charge is 2.27. The van der Waals surface area contributed by atoms with Crippen molar-refractivity contribution in [1.29, 1.82) is 0 Å². The van der Waals surface area contributed by atoms with Crippen LogP contribution in [0.5, 0.6) is 0 Å². The van der Waals surface area contributed by atoms with Crippen LogP contribution in [0.1, 0.15) is 31.7 Å². The van der Waals surface area contributed by atoms with Crippen LogP contribution in [0.25, 0.3) is 0 Å². The van der Waals surface area contributed by atoms with Crippen LogP contribution in [0, 0.1) is 5.92 Å². The SMILES string of the molecule is CCCNCc1ccc(N(C)CC2CC(O)C2)cc1. The second kappa shape index (κ2) is 6.92. The molecular weight excluding hydrogens is 236 g/mol. The fourth-order valence-corrected chi connectivity index (χ4v) is 2.62. The second-order valence-electron chi connectivity index (χ2n) is 5.71. The van der Waals surface area contributed by atoms with Crippen LogP contribution in [0.2, 0.25) is 0 Å². The highest BCUT2D eigenvalue weighted by molar-refractivity contribution is 5.47. The molecule has 0 saturated heterocycles. The molecule has 0 atom stereocenters. The van der Waals surface area contributed by atoms with Crippen molar-refractivity contribution >= 4 is 5.69 Å². The molecule has 2 rings (SSSR count). The molecule has 3 heteroatoms. The Morgan fingerprint density at radius 3 is 2.53 bits per heavy atom. The lowest BCUT2D eigenvalue weighted by Gasteiger charge is -2.35. The number of hydrogen-bond acceptors (Lipinski definition) is 3. The lowest BCUT2D eigenvalue weighted by atomic mass is 9.82. The number of benzene rings is 1. The van der Waals surface area contributed by atoms with Gasteiger partial charge < -0.3 is 15.3 Å². The van der Waals surface area contributed by atoms with Crippen LogP contribution < -0.4 is 10.2 Å². The highest BCUT2D eigenvalue weighted by Crippen LogP contribution is 2.29. The summed E-state index contributed by atoms with van der Waals surface area (Å²) in [5.41, 5.74) is 2.60. The highest BCUT2D eigenvalue weighted by atomic mass is 16.3. The Morgan fingerprint density at radius 1 is 1.26 bits per heavy atom. The van der Waals surface area contributed by atoms with E-state index in [-0.39, 0.29) is 6.10 Å². The van der Waals surface area contributed by atoms with E-state index in [0.29, 0.717) is 5.92 Å². The number of hydrogen-bond donors (Lipinski definition) is 2. The summed E-state index contributed by atoms with van der Waals surface area (Å²) < 4.78 is 0. The third-order valence-corrected chi connectivity index (χ3v) is 3.88. The van der Waals surface area contributed by atoms with E-state index in [2.05, 4.69) is 48.5 Å². The molecule has 0 aromatic heterocycles. The predicted octanol–water partition coefficient (Wildman–Crippen LogP) is 2.39. The van der Waals surface area contributed by atoms with Gasteiger partial charge in [0.25, 0.3) is 0 Å². The van der Waals surface area contributed by atoms with Gasteiger partial charge >= 0.3 is 0 Å². The molecule has 0 amide bonds. The predicted molar refractivity (Wildman–Crippen MR) is 80.4 cm³/mol. The van der Waals surface area contributed by atoms with E-state index >= 15 is 0 Å². The quantitative estimate of drug-likeness (QED) is 0.741. The van der Waals surface area contributed by atoms with Gasteiger partial charge in [0.1, 0.15) is 0 Å². The zero-order chi connectivity index (χ0) is 13.7. The first-order chi connectivity index (χ1) is 9.19. The minimum Gasteiger partial charge on any atom is -0.393 e. The number of nitrogens with zero attached hydrogens (tertiary/aromatic N) is 1. The van der Waals surface area contributed by atoms with Crippen LogP contribution in [-0.4, -0.2) is 31.3 Å². The summed E-state index contributed by atoms with van der Waals surface area (Å²) in [6, 6.07) is 8.78. The Labute approximate surface area is 116 Å². The van der Waals surface area contributed by atoms with E-state index in [1.54, 1.807) is 0 Å². The number of anilines is 1. The van der Waals surface area contributed by atoms with E-state index in [4.69, 9.17) is 0 Å². The van der Waals surface area contributed by atoms with Crippen LogP contribution in [0.15, 0.2) is 24.3 Å². The Balaban J connectivity index is 1.80. The summed E-state index contributed by atoms with van der Waals surface area (Å²) in [4.78, 5) is 2.29. The molecule has 106 valence electrons. The zero-order valence-electron chi connectivity index (χ0n) is 12.1. The van der Waals surface area contributed by atoms with Gasteiger partial charge in [-0.1, -0.05) is 19.1 Å². The van der Waals surface area contributed by atoms with E-state index in [1.807, 2.05) is 0 Å². The normalized spacial score (nSPS) is 22.1. The van der Waals surface area contributed by atoms with E-state index < -0.39 is 0 Å². The molecule has 1 aliphatic carbocycles. The van der Waals surface area contributed by atoms with Crippen molar-refractivity contribution < 1.29 is 5.11 Å². The number of nitrogens with one attached hydrogen (secondary N) is 1. The molecule has 0 spiro atoms. The average molecular weight is 262 g/mol. The molecule has 0 radical (unpaired) electrons. The van der Waals surface area contributed by atoms with E-state index in [1.165, 1.54) is 17.7 Å². The van der Waals surface area contributed by atoms with Crippen molar-refractivity contribution in [3.05, 3.63) is 29.8 Å². The molecule has 1 saturated carbocycles. The molecule has 1 aromatic carbocycles. The van der Waals surface area contributed by atoms with Gasteiger partial charge in [0.15, 0.2) is 0 Å². The van der Waals surface area contributed by atoms with Gasteiger partial charge in [0.2, 0.25) is 0 Å². The van der Waals surface area contributed by atoms with Gasteiger partial charge in [-0.05, 0) is 49.4 Å². The average Bonchev–Trinajstić information content (AvgIpc) is 2.38. The minimum absolute atomic E-state index is 0.0505. The van der Waals surface area contributed by atoms with Crippen molar-refractivity contribution in [3.63, 3.8) is 0 Å². The molecule has 3 nitrogen and oxygen atoms in total. The fourth-order valence-electron chi connectivity index (χ4n) is 2.62. The summed E-state index contributed by atoms with van der Waals surface area (Å²) in [6.07, 6.45) is 3.05. The van der Waals surface area contributed by atoms with Crippen molar-refractivity contribution in [2.24, 2.45) is 5.92 Å². The lowest BCUT2D eigenvalue weighted by Crippen LogP contribution is -2.37. The lowest BCUT2D eigenvalue weighted by molar-refractivity contribution is 0.0465. The molecule has 0 bridgehead atoms. The summed E-state index contributed by atoms with van der Waals surface area (Å²) in [7, 11) is 2.13. The summed E-state index contributed by atoms with van der Waals surface area (Å²) in [6.45, 7) is 5.26.